The molecule has 0 aromatic heterocycles. The largest absolute Gasteiger partial charge is 0.493 e. The number of hydrogen-bond donors (Lipinski definition) is 2. The van der Waals surface area contributed by atoms with Crippen LogP contribution < -0.4 is 14.8 Å². The number of hydrogen-bond acceptors (Lipinski definition) is 5. The molecule has 1 saturated heterocycles. The molecule has 29 heavy (non-hydrogen) atoms. The average Bonchev–Trinajstić information content (AvgIpc) is 2.75. The highest BCUT2D eigenvalue weighted by molar-refractivity contribution is 5.89. The Balaban J connectivity index is 1.63. The molecule has 0 radical (unpaired) electrons. The van der Waals surface area contributed by atoms with Crippen molar-refractivity contribution in [3.8, 4) is 23.3 Å². The Hall–Kier alpha value is -3.73. The fraction of sp³-hybridized carbons (Fsp3) is 0.286. The van der Waals surface area contributed by atoms with Crippen LogP contribution in [0.25, 0.3) is 0 Å². The molecule has 1 fully saturated rings. The molecule has 1 heterocycles. The van der Waals surface area contributed by atoms with Gasteiger partial charge in [0.05, 0.1) is 24.7 Å². The van der Waals surface area contributed by atoms with Crippen LogP contribution in [0.2, 0.25) is 0 Å². The molecule has 3 rings (SSSR count). The number of benzene rings is 2. The Morgan fingerprint density at radius 3 is 2.62 bits per heavy atom. The van der Waals surface area contributed by atoms with E-state index in [1.54, 1.807) is 42.5 Å². The Bertz CT molecular complexity index is 936. The van der Waals surface area contributed by atoms with Crippen molar-refractivity contribution in [3.05, 3.63) is 48.0 Å². The number of anilines is 1. The maximum absolute atomic E-state index is 12.4. The monoisotopic (exact) mass is 395 g/mol. The molecule has 1 aliphatic heterocycles. The molecule has 0 spiro atoms. The fourth-order valence-corrected chi connectivity index (χ4v) is 3.12. The Morgan fingerprint density at radius 1 is 1.21 bits per heavy atom. The summed E-state index contributed by atoms with van der Waals surface area (Å²) in [6.07, 6.45) is 1.26. The van der Waals surface area contributed by atoms with E-state index in [-0.39, 0.29) is 12.6 Å². The number of carboxylic acids is 1. The first kappa shape index (κ1) is 20.0. The number of carbonyl (C=O) groups excluding carboxylic acids is 1. The van der Waals surface area contributed by atoms with Crippen molar-refractivity contribution in [3.63, 3.8) is 0 Å². The summed E-state index contributed by atoms with van der Waals surface area (Å²) in [5.74, 6) is 0.0562. The molecule has 8 heteroatoms. The zero-order valence-corrected chi connectivity index (χ0v) is 15.9. The van der Waals surface area contributed by atoms with Crippen molar-refractivity contribution in [1.29, 1.82) is 5.26 Å². The van der Waals surface area contributed by atoms with Gasteiger partial charge in [0, 0.05) is 24.8 Å². The second-order valence-electron chi connectivity index (χ2n) is 6.66. The lowest BCUT2D eigenvalue weighted by molar-refractivity contribution is -0.143. The molecule has 1 unspecified atom stereocenters. The number of amides is 2. The van der Waals surface area contributed by atoms with Gasteiger partial charge in [-0.1, -0.05) is 0 Å². The minimum absolute atomic E-state index is 0.209. The highest BCUT2D eigenvalue weighted by Crippen LogP contribution is 2.32. The van der Waals surface area contributed by atoms with Gasteiger partial charge in [0.15, 0.2) is 11.5 Å². The van der Waals surface area contributed by atoms with Gasteiger partial charge in [-0.15, -0.1) is 0 Å². The van der Waals surface area contributed by atoms with E-state index in [1.807, 2.05) is 6.07 Å². The summed E-state index contributed by atoms with van der Waals surface area (Å²) in [5.41, 5.74) is 1.04. The molecule has 8 nitrogen and oxygen atoms in total. The molecule has 0 bridgehead atoms. The molecule has 1 atom stereocenters. The van der Waals surface area contributed by atoms with E-state index in [2.05, 4.69) is 5.32 Å². The topological polar surface area (TPSA) is 112 Å². The van der Waals surface area contributed by atoms with Crippen molar-refractivity contribution >= 4 is 17.7 Å². The van der Waals surface area contributed by atoms with Gasteiger partial charge in [-0.2, -0.15) is 5.26 Å². The van der Waals surface area contributed by atoms with Crippen LogP contribution in [-0.4, -0.2) is 42.2 Å². The molecule has 1 aliphatic rings. The number of likely N-dealkylation sites (tertiary alicyclic amines) is 1. The summed E-state index contributed by atoms with van der Waals surface area (Å²) in [6.45, 7) is 0.746. The third-order valence-corrected chi connectivity index (χ3v) is 4.68. The van der Waals surface area contributed by atoms with E-state index < -0.39 is 11.9 Å². The van der Waals surface area contributed by atoms with Crippen molar-refractivity contribution in [2.24, 2.45) is 5.92 Å². The Morgan fingerprint density at radius 2 is 1.97 bits per heavy atom. The van der Waals surface area contributed by atoms with Gasteiger partial charge in [-0.3, -0.25) is 4.79 Å². The van der Waals surface area contributed by atoms with Crippen LogP contribution in [0.1, 0.15) is 18.4 Å². The number of carbonyl (C=O) groups is 2. The number of methoxy groups -OCH3 is 1. The fourth-order valence-electron chi connectivity index (χ4n) is 3.12. The minimum Gasteiger partial charge on any atom is -0.493 e. The van der Waals surface area contributed by atoms with Gasteiger partial charge in [-0.05, 0) is 49.2 Å². The number of piperidine rings is 1. The van der Waals surface area contributed by atoms with E-state index in [4.69, 9.17) is 19.8 Å². The van der Waals surface area contributed by atoms with E-state index >= 15 is 0 Å². The van der Waals surface area contributed by atoms with Crippen LogP contribution in [0.15, 0.2) is 42.5 Å². The highest BCUT2D eigenvalue weighted by atomic mass is 16.5. The predicted molar refractivity (Wildman–Crippen MR) is 105 cm³/mol. The van der Waals surface area contributed by atoms with E-state index in [0.717, 1.165) is 0 Å². The van der Waals surface area contributed by atoms with Gasteiger partial charge in [-0.25, -0.2) is 4.79 Å². The van der Waals surface area contributed by atoms with Crippen LogP contribution in [0.3, 0.4) is 0 Å². The maximum Gasteiger partial charge on any atom is 0.321 e. The van der Waals surface area contributed by atoms with E-state index in [0.29, 0.717) is 47.9 Å². The summed E-state index contributed by atoms with van der Waals surface area (Å²) in [4.78, 5) is 25.1. The lowest BCUT2D eigenvalue weighted by Crippen LogP contribution is -2.44. The zero-order chi connectivity index (χ0) is 20.8. The SMILES string of the molecule is COc1cc(C#N)ccc1Oc1ccc(NC(=O)N2CCCC(C(=O)O)C2)cc1. The number of ether oxygens (including phenoxy) is 2. The van der Waals surface area contributed by atoms with Crippen LogP contribution in [0, 0.1) is 17.2 Å². The predicted octanol–water partition coefficient (Wildman–Crippen LogP) is 3.69. The van der Waals surface area contributed by atoms with Gasteiger partial charge in [0.2, 0.25) is 0 Å². The first-order valence-electron chi connectivity index (χ1n) is 9.15. The van der Waals surface area contributed by atoms with E-state index in [1.165, 1.54) is 12.0 Å². The summed E-state index contributed by atoms with van der Waals surface area (Å²) in [6, 6.07) is 13.4. The number of rotatable bonds is 5. The third-order valence-electron chi connectivity index (χ3n) is 4.68. The molecule has 150 valence electrons. The molecule has 2 aromatic carbocycles. The molecule has 0 aliphatic carbocycles. The second-order valence-corrected chi connectivity index (χ2v) is 6.66. The third kappa shape index (κ3) is 4.96. The molecule has 0 saturated carbocycles. The van der Waals surface area contributed by atoms with Crippen LogP contribution in [0.4, 0.5) is 10.5 Å². The number of carboxylic acid groups (broad SMARTS) is 1. The summed E-state index contributed by atoms with van der Waals surface area (Å²) >= 11 is 0. The molecular weight excluding hydrogens is 374 g/mol. The summed E-state index contributed by atoms with van der Waals surface area (Å²) in [5, 5.41) is 20.9. The van der Waals surface area contributed by atoms with Crippen molar-refractivity contribution in [2.45, 2.75) is 12.8 Å². The van der Waals surface area contributed by atoms with E-state index in [9.17, 15) is 9.59 Å². The first-order valence-corrected chi connectivity index (χ1v) is 9.15. The molecular formula is C21H21N3O5. The quantitative estimate of drug-likeness (QED) is 0.799. The zero-order valence-electron chi connectivity index (χ0n) is 15.9. The van der Waals surface area contributed by atoms with Crippen molar-refractivity contribution in [1.82, 2.24) is 4.90 Å². The number of nitrogens with zero attached hydrogens (tertiary/aromatic N) is 2. The highest BCUT2D eigenvalue weighted by Gasteiger charge is 2.28. The van der Waals surface area contributed by atoms with Gasteiger partial charge in [0.25, 0.3) is 0 Å². The van der Waals surface area contributed by atoms with Gasteiger partial charge in [0.1, 0.15) is 5.75 Å². The summed E-state index contributed by atoms with van der Waals surface area (Å²) in [7, 11) is 1.50. The normalized spacial score (nSPS) is 15.9. The lowest BCUT2D eigenvalue weighted by Gasteiger charge is -2.30. The number of urea groups is 1. The van der Waals surface area contributed by atoms with Crippen LogP contribution in [0.5, 0.6) is 17.2 Å². The maximum atomic E-state index is 12.4. The number of aliphatic carboxylic acids is 1. The first-order chi connectivity index (χ1) is 14.0. The minimum atomic E-state index is -0.873. The molecule has 2 aromatic rings. The summed E-state index contributed by atoms with van der Waals surface area (Å²) < 4.78 is 11.0. The Labute approximate surface area is 168 Å². The Kier molecular flexibility index (Phi) is 6.19. The second kappa shape index (κ2) is 8.97. The van der Waals surface area contributed by atoms with Gasteiger partial charge < -0.3 is 24.8 Å². The number of nitrogens with one attached hydrogen (secondary N) is 1. The van der Waals surface area contributed by atoms with Crippen LogP contribution in [-0.2, 0) is 4.79 Å². The number of nitriles is 1. The van der Waals surface area contributed by atoms with Gasteiger partial charge >= 0.3 is 12.0 Å². The van der Waals surface area contributed by atoms with Crippen molar-refractivity contribution < 1.29 is 24.2 Å². The molecule has 2 N–H and O–H groups in total. The van der Waals surface area contributed by atoms with Crippen molar-refractivity contribution in [2.75, 3.05) is 25.5 Å². The standard InChI is InChI=1S/C21H21N3O5/c1-28-19-11-14(12-22)4-9-18(19)29-17-7-5-16(6-8-17)23-21(27)24-10-2-3-15(13-24)20(25)26/h4-9,11,15H,2-3,10,13H2,1H3,(H,23,27)(H,25,26). The van der Waals surface area contributed by atoms with Crippen LogP contribution >= 0.6 is 0 Å². The molecule has 2 amide bonds. The lowest BCUT2D eigenvalue weighted by atomic mass is 9.99. The average molecular weight is 395 g/mol. The smallest absolute Gasteiger partial charge is 0.321 e.